The van der Waals surface area contributed by atoms with E-state index in [2.05, 4.69) is 9.72 Å². The summed E-state index contributed by atoms with van der Waals surface area (Å²) in [6.45, 7) is 2.90. The minimum atomic E-state index is -5.13. The van der Waals surface area contributed by atoms with E-state index in [1.807, 2.05) is 59.5 Å². The summed E-state index contributed by atoms with van der Waals surface area (Å²) in [5.41, 5.74) is 3.57. The molecule has 1 saturated heterocycles. The van der Waals surface area contributed by atoms with Gasteiger partial charge in [-0.15, -0.1) is 0 Å². The summed E-state index contributed by atoms with van der Waals surface area (Å²) in [6, 6.07) is 19.1. The van der Waals surface area contributed by atoms with E-state index >= 15 is 0 Å². The highest BCUT2D eigenvalue weighted by molar-refractivity contribution is 5.78. The summed E-state index contributed by atoms with van der Waals surface area (Å²) in [6.07, 6.45) is -2.06. The van der Waals surface area contributed by atoms with Crippen LogP contribution in [0.25, 0.3) is 11.1 Å². The molecular formula is C26H25F3N2O4. The summed E-state index contributed by atoms with van der Waals surface area (Å²) < 4.78 is 54.0. The molecule has 4 rings (SSSR count). The summed E-state index contributed by atoms with van der Waals surface area (Å²) >= 11 is 0. The van der Waals surface area contributed by atoms with E-state index in [1.165, 1.54) is 12.3 Å². The van der Waals surface area contributed by atoms with Gasteiger partial charge in [0.25, 0.3) is 5.88 Å². The van der Waals surface area contributed by atoms with Crippen LogP contribution in [-0.2, 0) is 22.6 Å². The lowest BCUT2D eigenvalue weighted by Gasteiger charge is -2.30. The molecule has 1 fully saturated rings. The van der Waals surface area contributed by atoms with E-state index < -0.39 is 18.0 Å². The fourth-order valence-electron chi connectivity index (χ4n) is 3.45. The summed E-state index contributed by atoms with van der Waals surface area (Å²) in [5.74, 6) is -2.88. The number of hydrogen-bond donors (Lipinski definition) is 0. The van der Waals surface area contributed by atoms with Crippen molar-refractivity contribution < 1.29 is 32.2 Å². The number of esters is 1. The van der Waals surface area contributed by atoms with E-state index in [0.717, 1.165) is 36.2 Å². The van der Waals surface area contributed by atoms with Crippen LogP contribution in [0.4, 0.5) is 13.2 Å². The van der Waals surface area contributed by atoms with Gasteiger partial charge < -0.3 is 14.2 Å². The zero-order chi connectivity index (χ0) is 24.7. The quantitative estimate of drug-likeness (QED) is 0.296. The number of hydrogen-bond acceptors (Lipinski definition) is 6. The molecule has 0 aliphatic carbocycles. The van der Waals surface area contributed by atoms with Crippen LogP contribution in [0.5, 0.6) is 11.6 Å². The molecule has 6 nitrogen and oxygen atoms in total. The fourth-order valence-corrected chi connectivity index (χ4v) is 3.45. The zero-order valence-electron chi connectivity index (χ0n) is 19.0. The minimum absolute atomic E-state index is 0.0244. The first-order chi connectivity index (χ1) is 16.9. The maximum Gasteiger partial charge on any atom is 0.491 e. The number of nitrogens with zero attached hydrogens (tertiary/aromatic N) is 2. The molecule has 0 radical (unpaired) electrons. The molecule has 0 spiro atoms. The zero-order valence-corrected chi connectivity index (χ0v) is 19.0. The average molecular weight is 486 g/mol. The van der Waals surface area contributed by atoms with E-state index in [9.17, 15) is 18.0 Å². The lowest BCUT2D eigenvalue weighted by atomic mass is 10.0. The van der Waals surface area contributed by atoms with E-state index in [1.54, 1.807) is 0 Å². The highest BCUT2D eigenvalue weighted by Crippen LogP contribution is 2.32. The van der Waals surface area contributed by atoms with Gasteiger partial charge in [-0.1, -0.05) is 54.6 Å². The SMILES string of the molecule is O=C(Oc1ncc(-c2cccc(CCOCc3ccccc3)c2)cc1OCN1CCC1)C(F)(F)F. The topological polar surface area (TPSA) is 60.9 Å². The van der Waals surface area contributed by atoms with Gasteiger partial charge in [0.2, 0.25) is 0 Å². The van der Waals surface area contributed by atoms with Gasteiger partial charge in [-0.05, 0) is 35.6 Å². The van der Waals surface area contributed by atoms with Crippen LogP contribution in [0.15, 0.2) is 66.9 Å². The molecule has 9 heteroatoms. The number of aromatic nitrogens is 1. The van der Waals surface area contributed by atoms with Crippen molar-refractivity contribution in [1.29, 1.82) is 0 Å². The van der Waals surface area contributed by atoms with Crippen molar-refractivity contribution in [3.05, 3.63) is 78.0 Å². The molecule has 2 heterocycles. The molecule has 2 aromatic carbocycles. The van der Waals surface area contributed by atoms with Crippen LogP contribution >= 0.6 is 0 Å². The van der Waals surface area contributed by atoms with Gasteiger partial charge in [-0.25, -0.2) is 9.78 Å². The fraction of sp³-hybridized carbons (Fsp3) is 0.308. The van der Waals surface area contributed by atoms with Crippen molar-refractivity contribution in [3.63, 3.8) is 0 Å². The first-order valence-corrected chi connectivity index (χ1v) is 11.2. The second-order valence-electron chi connectivity index (χ2n) is 8.15. The van der Waals surface area contributed by atoms with E-state index in [0.29, 0.717) is 25.2 Å². The third-order valence-electron chi connectivity index (χ3n) is 5.50. The Balaban J connectivity index is 1.45. The van der Waals surface area contributed by atoms with Gasteiger partial charge in [-0.3, -0.25) is 4.90 Å². The van der Waals surface area contributed by atoms with Crippen molar-refractivity contribution in [2.45, 2.75) is 25.6 Å². The summed E-state index contributed by atoms with van der Waals surface area (Å²) in [7, 11) is 0. The Morgan fingerprint density at radius 2 is 1.74 bits per heavy atom. The second kappa shape index (κ2) is 11.3. The van der Waals surface area contributed by atoms with Crippen LogP contribution in [0.1, 0.15) is 17.5 Å². The maximum atomic E-state index is 12.7. The normalized spacial score (nSPS) is 13.8. The Morgan fingerprint density at radius 1 is 0.971 bits per heavy atom. The number of carbonyl (C=O) groups is 1. The maximum absolute atomic E-state index is 12.7. The van der Waals surface area contributed by atoms with Gasteiger partial charge in [0.15, 0.2) is 5.75 Å². The molecule has 0 atom stereocenters. The molecule has 0 N–H and O–H groups in total. The number of alkyl halides is 3. The first-order valence-electron chi connectivity index (χ1n) is 11.2. The van der Waals surface area contributed by atoms with Crippen LogP contribution in [-0.4, -0.2) is 48.5 Å². The summed E-state index contributed by atoms with van der Waals surface area (Å²) in [4.78, 5) is 17.3. The molecule has 35 heavy (non-hydrogen) atoms. The lowest BCUT2D eigenvalue weighted by molar-refractivity contribution is -0.190. The predicted molar refractivity (Wildman–Crippen MR) is 123 cm³/mol. The van der Waals surface area contributed by atoms with Gasteiger partial charge in [0.1, 0.15) is 6.73 Å². The highest BCUT2D eigenvalue weighted by atomic mass is 19.4. The van der Waals surface area contributed by atoms with Crippen molar-refractivity contribution in [2.75, 3.05) is 26.4 Å². The smallest absolute Gasteiger partial charge is 0.472 e. The van der Waals surface area contributed by atoms with Crippen molar-refractivity contribution in [1.82, 2.24) is 9.88 Å². The molecule has 0 amide bonds. The molecule has 3 aromatic rings. The first kappa shape index (κ1) is 24.7. The standard InChI is InChI=1S/C26H25F3N2O4/c27-26(28,29)25(32)35-24-23(34-18-31-11-5-12-31)15-22(16-30-24)21-9-4-8-19(14-21)10-13-33-17-20-6-2-1-3-7-20/h1-4,6-9,14-16H,5,10-13,17-18H2. The van der Waals surface area contributed by atoms with Crippen molar-refractivity contribution >= 4 is 5.97 Å². The van der Waals surface area contributed by atoms with Crippen molar-refractivity contribution in [3.8, 4) is 22.8 Å². The third-order valence-corrected chi connectivity index (χ3v) is 5.50. The summed E-state index contributed by atoms with van der Waals surface area (Å²) in [5, 5.41) is 0. The monoisotopic (exact) mass is 486 g/mol. The Kier molecular flexibility index (Phi) is 7.99. The molecule has 184 valence electrons. The Bertz CT molecular complexity index is 1130. The average Bonchev–Trinajstić information content (AvgIpc) is 2.82. The largest absolute Gasteiger partial charge is 0.491 e. The number of benzene rings is 2. The molecular weight excluding hydrogens is 461 g/mol. The van der Waals surface area contributed by atoms with Crippen LogP contribution in [0, 0.1) is 0 Å². The van der Waals surface area contributed by atoms with E-state index in [4.69, 9.17) is 9.47 Å². The number of likely N-dealkylation sites (tertiary alicyclic amines) is 1. The number of halogens is 3. The number of ether oxygens (including phenoxy) is 3. The number of carbonyl (C=O) groups excluding carboxylic acids is 1. The van der Waals surface area contributed by atoms with Gasteiger partial charge in [-0.2, -0.15) is 13.2 Å². The second-order valence-corrected chi connectivity index (χ2v) is 8.15. The molecule has 1 aliphatic heterocycles. The van der Waals surface area contributed by atoms with Crippen LogP contribution in [0.3, 0.4) is 0 Å². The lowest BCUT2D eigenvalue weighted by Crippen LogP contribution is -2.39. The van der Waals surface area contributed by atoms with Crippen LogP contribution in [0.2, 0.25) is 0 Å². The molecule has 0 saturated carbocycles. The molecule has 1 aliphatic rings. The highest BCUT2D eigenvalue weighted by Gasteiger charge is 2.42. The van der Waals surface area contributed by atoms with Gasteiger partial charge >= 0.3 is 12.1 Å². The predicted octanol–water partition coefficient (Wildman–Crippen LogP) is 5.02. The Hall–Kier alpha value is -3.43. The number of pyridine rings is 1. The van der Waals surface area contributed by atoms with Crippen molar-refractivity contribution in [2.24, 2.45) is 0 Å². The molecule has 1 aromatic heterocycles. The Labute approximate surface area is 201 Å². The minimum Gasteiger partial charge on any atom is -0.472 e. The van der Waals surface area contributed by atoms with Gasteiger partial charge in [0.05, 0.1) is 13.2 Å². The molecule has 0 unspecified atom stereocenters. The third kappa shape index (κ3) is 7.03. The van der Waals surface area contributed by atoms with Gasteiger partial charge in [0, 0.05) is 24.8 Å². The van der Waals surface area contributed by atoms with E-state index in [-0.39, 0.29) is 12.5 Å². The number of rotatable bonds is 10. The van der Waals surface area contributed by atoms with Crippen LogP contribution < -0.4 is 9.47 Å². The Morgan fingerprint density at radius 3 is 2.46 bits per heavy atom. The molecule has 0 bridgehead atoms.